The van der Waals surface area contributed by atoms with Crippen LogP contribution in [-0.4, -0.2) is 29.2 Å². The van der Waals surface area contributed by atoms with E-state index in [1.54, 1.807) is 4.40 Å². The Hall–Kier alpha value is -3.84. The van der Waals surface area contributed by atoms with E-state index in [1.165, 1.54) is 22.5 Å². The molecule has 0 fully saturated rings. The van der Waals surface area contributed by atoms with Gasteiger partial charge in [-0.2, -0.15) is 0 Å². The zero-order valence-corrected chi connectivity index (χ0v) is 21.4. The van der Waals surface area contributed by atoms with Gasteiger partial charge in [0.1, 0.15) is 5.75 Å². The number of aromatic nitrogens is 2. The summed E-state index contributed by atoms with van der Waals surface area (Å²) in [6.07, 6.45) is 2.62. The molecule has 0 spiro atoms. The monoisotopic (exact) mass is 500 g/mol. The van der Waals surface area contributed by atoms with E-state index < -0.39 is 0 Å². The molecular weight excluding hydrogens is 472 g/mol. The quantitative estimate of drug-likeness (QED) is 0.256. The molecule has 0 atom stereocenters. The molecule has 184 valence electrons. The van der Waals surface area contributed by atoms with Crippen LogP contribution in [-0.2, 0) is 0 Å². The van der Waals surface area contributed by atoms with Gasteiger partial charge in [0.15, 0.2) is 16.5 Å². The Morgan fingerprint density at radius 3 is 2.58 bits per heavy atom. The first-order valence-corrected chi connectivity index (χ1v) is 12.9. The van der Waals surface area contributed by atoms with Gasteiger partial charge in [-0.25, -0.2) is 9.38 Å². The number of aryl methyl sites for hydroxylation is 2. The average Bonchev–Trinajstić information content (AvgIpc) is 3.38. The molecule has 0 radical (unpaired) electrons. The molecular formula is C29H28N2O4S. The summed E-state index contributed by atoms with van der Waals surface area (Å²) >= 11 is 1.38. The number of para-hydroxylation sites is 2. The Morgan fingerprint density at radius 2 is 1.75 bits per heavy atom. The number of rotatable bonds is 9. The first-order valence-electron chi connectivity index (χ1n) is 12.0. The summed E-state index contributed by atoms with van der Waals surface area (Å²) < 4.78 is 20.0. The fourth-order valence-corrected chi connectivity index (χ4v) is 4.99. The van der Waals surface area contributed by atoms with Crippen LogP contribution in [0.5, 0.6) is 17.2 Å². The first kappa shape index (κ1) is 23.9. The third-order valence-electron chi connectivity index (χ3n) is 6.00. The van der Waals surface area contributed by atoms with Crippen LogP contribution in [0.25, 0.3) is 22.1 Å². The van der Waals surface area contributed by atoms with Crippen molar-refractivity contribution in [2.24, 2.45) is 0 Å². The Bertz CT molecular complexity index is 1640. The van der Waals surface area contributed by atoms with Crippen molar-refractivity contribution in [1.29, 1.82) is 0 Å². The fraction of sp³-hybridized carbons (Fsp3) is 0.241. The third kappa shape index (κ3) is 4.93. The minimum atomic E-state index is -0.0641. The second kappa shape index (κ2) is 10.4. The standard InChI is InChI=1S/C29H28N2O4S/c1-4-33-26-17-21(18-27-28(32)31-24-9-6-5-8-23(24)30-29(31)36-27)11-13-25(26)35-15-7-14-34-22-12-10-19(2)20(3)16-22/h5-6,8-13,16-18H,4,7,14-15H2,1-3H3/b27-18-. The van der Waals surface area contributed by atoms with Crippen LogP contribution < -0.4 is 24.3 Å². The molecule has 6 nitrogen and oxygen atoms in total. The zero-order valence-electron chi connectivity index (χ0n) is 20.6. The largest absolute Gasteiger partial charge is 0.493 e. The molecule has 0 bridgehead atoms. The molecule has 0 unspecified atom stereocenters. The van der Waals surface area contributed by atoms with Crippen LogP contribution >= 0.6 is 11.3 Å². The lowest BCUT2D eigenvalue weighted by molar-refractivity contribution is 0.236. The van der Waals surface area contributed by atoms with Gasteiger partial charge in [-0.15, -0.1) is 0 Å². The van der Waals surface area contributed by atoms with Gasteiger partial charge in [-0.05, 0) is 79.9 Å². The van der Waals surface area contributed by atoms with Gasteiger partial charge in [0.05, 0.1) is 35.4 Å². The number of fused-ring (bicyclic) bond motifs is 3. The van der Waals surface area contributed by atoms with Crippen molar-refractivity contribution in [3.8, 4) is 17.2 Å². The van der Waals surface area contributed by atoms with E-state index in [1.807, 2.05) is 61.5 Å². The average molecular weight is 501 g/mol. The van der Waals surface area contributed by atoms with Gasteiger partial charge in [0, 0.05) is 6.42 Å². The Morgan fingerprint density at radius 1 is 0.917 bits per heavy atom. The van der Waals surface area contributed by atoms with Crippen molar-refractivity contribution in [1.82, 2.24) is 9.38 Å². The van der Waals surface area contributed by atoms with Crippen molar-refractivity contribution >= 4 is 33.4 Å². The molecule has 2 aromatic heterocycles. The maximum Gasteiger partial charge on any atom is 0.274 e. The maximum absolute atomic E-state index is 13.1. The van der Waals surface area contributed by atoms with Gasteiger partial charge in [-0.3, -0.25) is 4.79 Å². The fourth-order valence-electron chi connectivity index (χ4n) is 4.00. The van der Waals surface area contributed by atoms with E-state index in [0.717, 1.165) is 28.8 Å². The highest BCUT2D eigenvalue weighted by Gasteiger charge is 2.11. The van der Waals surface area contributed by atoms with Gasteiger partial charge in [0.2, 0.25) is 0 Å². The third-order valence-corrected chi connectivity index (χ3v) is 6.97. The van der Waals surface area contributed by atoms with E-state index in [-0.39, 0.29) is 5.56 Å². The second-order valence-corrected chi connectivity index (χ2v) is 9.58. The van der Waals surface area contributed by atoms with Gasteiger partial charge < -0.3 is 14.2 Å². The van der Waals surface area contributed by atoms with Crippen LogP contribution in [0, 0.1) is 13.8 Å². The Labute approximate surface area is 213 Å². The van der Waals surface area contributed by atoms with Crippen molar-refractivity contribution in [3.05, 3.63) is 92.2 Å². The number of ether oxygens (including phenoxy) is 3. The first-order chi connectivity index (χ1) is 17.5. The smallest absolute Gasteiger partial charge is 0.274 e. The van der Waals surface area contributed by atoms with E-state index in [2.05, 4.69) is 31.0 Å². The predicted octanol–water partition coefficient (Wildman–Crippen LogP) is 5.32. The van der Waals surface area contributed by atoms with E-state index in [9.17, 15) is 4.79 Å². The summed E-state index contributed by atoms with van der Waals surface area (Å²) in [7, 11) is 0. The van der Waals surface area contributed by atoms with Crippen molar-refractivity contribution in [2.45, 2.75) is 27.2 Å². The van der Waals surface area contributed by atoms with Crippen molar-refractivity contribution < 1.29 is 14.2 Å². The summed E-state index contributed by atoms with van der Waals surface area (Å²) in [5.74, 6) is 2.20. The highest BCUT2D eigenvalue weighted by Crippen LogP contribution is 2.29. The second-order valence-electron chi connectivity index (χ2n) is 8.57. The van der Waals surface area contributed by atoms with Crippen LogP contribution in [0.2, 0.25) is 0 Å². The molecule has 3 aromatic carbocycles. The molecule has 0 N–H and O–H groups in total. The summed E-state index contributed by atoms with van der Waals surface area (Å²) in [5, 5.41) is 0. The molecule has 0 amide bonds. The van der Waals surface area contributed by atoms with Crippen LogP contribution in [0.15, 0.2) is 65.5 Å². The maximum atomic E-state index is 13.1. The molecule has 5 aromatic rings. The number of imidazole rings is 1. The molecule has 0 aliphatic heterocycles. The summed E-state index contributed by atoms with van der Waals surface area (Å²) in [4.78, 5) is 18.3. The van der Waals surface area contributed by atoms with E-state index in [4.69, 9.17) is 14.2 Å². The highest BCUT2D eigenvalue weighted by molar-refractivity contribution is 7.15. The minimum absolute atomic E-state index is 0.0641. The van der Waals surface area contributed by atoms with Crippen LogP contribution in [0.3, 0.4) is 0 Å². The van der Waals surface area contributed by atoms with Gasteiger partial charge >= 0.3 is 0 Å². The van der Waals surface area contributed by atoms with Gasteiger partial charge in [-0.1, -0.05) is 35.6 Å². The topological polar surface area (TPSA) is 62.1 Å². The SMILES string of the molecule is CCOc1cc(/C=c2\sc3nc4ccccc4n3c2=O)ccc1OCCCOc1ccc(C)c(C)c1. The number of hydrogen-bond donors (Lipinski definition) is 0. The van der Waals surface area contributed by atoms with Crippen LogP contribution in [0.4, 0.5) is 0 Å². The van der Waals surface area contributed by atoms with E-state index >= 15 is 0 Å². The Balaban J connectivity index is 1.29. The van der Waals surface area contributed by atoms with Gasteiger partial charge in [0.25, 0.3) is 5.56 Å². The summed E-state index contributed by atoms with van der Waals surface area (Å²) in [6, 6.07) is 19.5. The molecule has 0 aliphatic rings. The number of hydrogen-bond acceptors (Lipinski definition) is 6. The number of thiazole rings is 1. The molecule has 5 rings (SSSR count). The van der Waals surface area contributed by atoms with Crippen LogP contribution in [0.1, 0.15) is 30.0 Å². The molecule has 2 heterocycles. The molecule has 7 heteroatoms. The predicted molar refractivity (Wildman–Crippen MR) is 145 cm³/mol. The summed E-state index contributed by atoms with van der Waals surface area (Å²) in [6.45, 7) is 7.70. The van der Waals surface area contributed by atoms with E-state index in [0.29, 0.717) is 40.8 Å². The molecule has 0 aliphatic carbocycles. The molecule has 0 saturated heterocycles. The Kier molecular flexibility index (Phi) is 6.91. The minimum Gasteiger partial charge on any atom is -0.493 e. The normalized spacial score (nSPS) is 11.9. The number of benzene rings is 3. The molecule has 0 saturated carbocycles. The molecule has 36 heavy (non-hydrogen) atoms. The van der Waals surface area contributed by atoms with Crippen molar-refractivity contribution in [3.63, 3.8) is 0 Å². The lowest BCUT2D eigenvalue weighted by Gasteiger charge is -2.13. The zero-order chi connectivity index (χ0) is 25.1. The van der Waals surface area contributed by atoms with Crippen molar-refractivity contribution in [2.75, 3.05) is 19.8 Å². The summed E-state index contributed by atoms with van der Waals surface area (Å²) in [5.41, 5.74) is 4.93. The lowest BCUT2D eigenvalue weighted by atomic mass is 10.1. The highest BCUT2D eigenvalue weighted by atomic mass is 32.1. The number of nitrogens with zero attached hydrogens (tertiary/aromatic N) is 2. The lowest BCUT2D eigenvalue weighted by Crippen LogP contribution is -2.22.